The number of para-hydroxylation sites is 1. The van der Waals surface area contributed by atoms with Gasteiger partial charge in [-0.15, -0.1) is 0 Å². The first-order valence-electron chi connectivity index (χ1n) is 7.20. The molecule has 21 heavy (non-hydrogen) atoms. The van der Waals surface area contributed by atoms with E-state index in [2.05, 4.69) is 0 Å². The minimum absolute atomic E-state index is 0.156. The van der Waals surface area contributed by atoms with Gasteiger partial charge in [0.05, 0.1) is 5.92 Å². The first-order valence-corrected chi connectivity index (χ1v) is 7.20. The number of hydrogen-bond acceptors (Lipinski definition) is 3. The number of rotatable bonds is 4. The summed E-state index contributed by atoms with van der Waals surface area (Å²) in [7, 11) is 0. The fraction of sp³-hybridized carbons (Fsp3) is 0.500. The third-order valence-electron chi connectivity index (χ3n) is 3.72. The number of nitrogens with zero attached hydrogens (tertiary/aromatic N) is 1. The minimum Gasteiger partial charge on any atom is -0.481 e. The first kappa shape index (κ1) is 15.4. The van der Waals surface area contributed by atoms with Crippen LogP contribution in [-0.4, -0.2) is 41.1 Å². The lowest BCUT2D eigenvalue weighted by Gasteiger charge is -2.36. The lowest BCUT2D eigenvalue weighted by Crippen LogP contribution is -2.49. The molecule has 2 rings (SSSR count). The largest absolute Gasteiger partial charge is 0.481 e. The van der Waals surface area contributed by atoms with Gasteiger partial charge in [-0.25, -0.2) is 0 Å². The molecule has 1 heterocycles. The predicted molar refractivity (Wildman–Crippen MR) is 78.0 cm³/mol. The molecule has 5 heteroatoms. The second kappa shape index (κ2) is 6.61. The summed E-state index contributed by atoms with van der Waals surface area (Å²) in [4.78, 5) is 25.2. The van der Waals surface area contributed by atoms with Crippen LogP contribution in [0.5, 0.6) is 5.75 Å². The van der Waals surface area contributed by atoms with Crippen molar-refractivity contribution in [1.29, 1.82) is 0 Å². The number of benzene rings is 1. The average molecular weight is 291 g/mol. The molecular formula is C16H21NO4. The molecule has 0 saturated carbocycles. The van der Waals surface area contributed by atoms with Crippen molar-refractivity contribution in [3.63, 3.8) is 0 Å². The molecule has 1 fully saturated rings. The molecule has 0 radical (unpaired) electrons. The van der Waals surface area contributed by atoms with Crippen LogP contribution in [-0.2, 0) is 9.59 Å². The zero-order valence-corrected chi connectivity index (χ0v) is 12.4. The molecule has 0 aromatic heterocycles. The maximum absolute atomic E-state index is 12.4. The normalized spacial score (nSPS) is 23.4. The van der Waals surface area contributed by atoms with E-state index in [0.717, 1.165) is 0 Å². The molecule has 1 aromatic rings. The Bertz CT molecular complexity index is 502. The topological polar surface area (TPSA) is 66.8 Å². The molecule has 0 bridgehead atoms. The highest BCUT2D eigenvalue weighted by atomic mass is 16.5. The highest BCUT2D eigenvalue weighted by molar-refractivity contribution is 5.82. The van der Waals surface area contributed by atoms with E-state index < -0.39 is 18.0 Å². The lowest BCUT2D eigenvalue weighted by atomic mass is 9.90. The Kier molecular flexibility index (Phi) is 4.83. The van der Waals surface area contributed by atoms with Gasteiger partial charge in [0.1, 0.15) is 5.75 Å². The van der Waals surface area contributed by atoms with Crippen LogP contribution in [0.15, 0.2) is 30.3 Å². The summed E-state index contributed by atoms with van der Waals surface area (Å²) < 4.78 is 5.62. The zero-order chi connectivity index (χ0) is 15.4. The number of carbonyl (C=O) groups is 2. The van der Waals surface area contributed by atoms with Gasteiger partial charge in [0.25, 0.3) is 5.91 Å². The summed E-state index contributed by atoms with van der Waals surface area (Å²) in [5.74, 6) is -0.653. The van der Waals surface area contributed by atoms with E-state index in [4.69, 9.17) is 9.84 Å². The van der Waals surface area contributed by atoms with E-state index in [-0.39, 0.29) is 18.4 Å². The van der Waals surface area contributed by atoms with Gasteiger partial charge in [0, 0.05) is 13.1 Å². The molecule has 1 N–H and O–H groups in total. The number of ether oxygens (including phenoxy) is 1. The van der Waals surface area contributed by atoms with E-state index in [1.807, 2.05) is 25.1 Å². The van der Waals surface area contributed by atoms with E-state index in [9.17, 15) is 9.59 Å². The van der Waals surface area contributed by atoms with E-state index in [1.54, 1.807) is 24.0 Å². The van der Waals surface area contributed by atoms with Crippen LogP contribution >= 0.6 is 0 Å². The highest BCUT2D eigenvalue weighted by Gasteiger charge is 2.33. The number of hydrogen-bond donors (Lipinski definition) is 1. The Morgan fingerprint density at radius 2 is 1.95 bits per heavy atom. The summed E-state index contributed by atoms with van der Waals surface area (Å²) in [6, 6.07) is 9.15. The van der Waals surface area contributed by atoms with Gasteiger partial charge in [0.2, 0.25) is 0 Å². The van der Waals surface area contributed by atoms with Crippen molar-refractivity contribution in [2.24, 2.45) is 11.8 Å². The van der Waals surface area contributed by atoms with Gasteiger partial charge in [0.15, 0.2) is 6.10 Å². The average Bonchev–Trinajstić information content (AvgIpc) is 2.46. The van der Waals surface area contributed by atoms with Crippen molar-refractivity contribution in [2.45, 2.75) is 26.4 Å². The molecule has 1 aromatic carbocycles. The first-order chi connectivity index (χ1) is 9.97. The number of amides is 1. The van der Waals surface area contributed by atoms with Gasteiger partial charge in [-0.2, -0.15) is 0 Å². The van der Waals surface area contributed by atoms with Crippen LogP contribution in [0, 0.1) is 11.8 Å². The van der Waals surface area contributed by atoms with Crippen molar-refractivity contribution >= 4 is 11.9 Å². The van der Waals surface area contributed by atoms with Gasteiger partial charge in [-0.05, 0) is 31.4 Å². The molecule has 5 nitrogen and oxygen atoms in total. The van der Waals surface area contributed by atoms with Crippen LogP contribution in [0.25, 0.3) is 0 Å². The molecule has 0 spiro atoms. The summed E-state index contributed by atoms with van der Waals surface area (Å²) in [5, 5.41) is 9.16. The smallest absolute Gasteiger partial charge is 0.308 e. The second-order valence-corrected chi connectivity index (χ2v) is 5.69. The van der Waals surface area contributed by atoms with Crippen molar-refractivity contribution in [3.05, 3.63) is 30.3 Å². The number of aliphatic carboxylic acids is 1. The van der Waals surface area contributed by atoms with Crippen LogP contribution in [0.4, 0.5) is 0 Å². The summed E-state index contributed by atoms with van der Waals surface area (Å²) >= 11 is 0. The molecule has 3 unspecified atom stereocenters. The Labute approximate surface area is 124 Å². The quantitative estimate of drug-likeness (QED) is 0.921. The SMILES string of the molecule is CC1CC(C(=O)O)CN(C(=O)C(C)Oc2ccccc2)C1. The lowest BCUT2D eigenvalue weighted by molar-refractivity contribution is -0.149. The van der Waals surface area contributed by atoms with E-state index in [1.165, 1.54) is 0 Å². The van der Waals surface area contributed by atoms with E-state index in [0.29, 0.717) is 18.7 Å². The number of likely N-dealkylation sites (tertiary alicyclic amines) is 1. The number of carbonyl (C=O) groups excluding carboxylic acids is 1. The maximum atomic E-state index is 12.4. The Hall–Kier alpha value is -2.04. The Balaban J connectivity index is 1.99. The maximum Gasteiger partial charge on any atom is 0.308 e. The van der Waals surface area contributed by atoms with Crippen LogP contribution in [0.3, 0.4) is 0 Å². The number of piperidine rings is 1. The predicted octanol–water partition coefficient (Wildman–Crippen LogP) is 2.02. The van der Waals surface area contributed by atoms with Crippen molar-refractivity contribution in [3.8, 4) is 5.75 Å². The van der Waals surface area contributed by atoms with Crippen LogP contribution in [0.2, 0.25) is 0 Å². The third kappa shape index (κ3) is 3.97. The number of carboxylic acid groups (broad SMARTS) is 1. The van der Waals surface area contributed by atoms with Crippen LogP contribution < -0.4 is 4.74 Å². The van der Waals surface area contributed by atoms with Gasteiger partial charge in [-0.3, -0.25) is 9.59 Å². The van der Waals surface area contributed by atoms with Crippen LogP contribution in [0.1, 0.15) is 20.3 Å². The Morgan fingerprint density at radius 1 is 1.29 bits per heavy atom. The van der Waals surface area contributed by atoms with Crippen molar-refractivity contribution < 1.29 is 19.4 Å². The second-order valence-electron chi connectivity index (χ2n) is 5.69. The summed E-state index contributed by atoms with van der Waals surface area (Å²) in [6.45, 7) is 4.52. The monoisotopic (exact) mass is 291 g/mol. The molecule has 1 amide bonds. The Morgan fingerprint density at radius 3 is 2.57 bits per heavy atom. The van der Waals surface area contributed by atoms with Gasteiger partial charge >= 0.3 is 5.97 Å². The third-order valence-corrected chi connectivity index (χ3v) is 3.72. The van der Waals surface area contributed by atoms with Crippen molar-refractivity contribution in [2.75, 3.05) is 13.1 Å². The molecule has 1 saturated heterocycles. The number of carboxylic acids is 1. The van der Waals surface area contributed by atoms with E-state index >= 15 is 0 Å². The molecular weight excluding hydrogens is 270 g/mol. The molecule has 0 aliphatic carbocycles. The standard InChI is InChI=1S/C16H21NO4/c1-11-8-13(16(19)20)10-17(9-11)15(18)12(2)21-14-6-4-3-5-7-14/h3-7,11-13H,8-10H2,1-2H3,(H,19,20). The highest BCUT2D eigenvalue weighted by Crippen LogP contribution is 2.23. The fourth-order valence-corrected chi connectivity index (χ4v) is 2.72. The van der Waals surface area contributed by atoms with Crippen molar-refractivity contribution in [1.82, 2.24) is 4.90 Å². The van der Waals surface area contributed by atoms with Gasteiger partial charge < -0.3 is 14.7 Å². The fourth-order valence-electron chi connectivity index (χ4n) is 2.72. The molecule has 1 aliphatic rings. The molecule has 3 atom stereocenters. The zero-order valence-electron chi connectivity index (χ0n) is 12.4. The summed E-state index contributed by atoms with van der Waals surface area (Å²) in [6.07, 6.45) is -0.000292. The summed E-state index contributed by atoms with van der Waals surface area (Å²) in [5.41, 5.74) is 0. The minimum atomic E-state index is -0.837. The van der Waals surface area contributed by atoms with Gasteiger partial charge in [-0.1, -0.05) is 25.1 Å². The molecule has 1 aliphatic heterocycles. The molecule has 114 valence electrons.